The maximum atomic E-state index is 12.7. The number of amides is 1. The molecule has 7 heteroatoms. The molecule has 1 amide bonds. The van der Waals surface area contributed by atoms with Crippen molar-refractivity contribution >= 4 is 17.5 Å². The van der Waals surface area contributed by atoms with E-state index in [0.717, 1.165) is 5.69 Å². The number of ether oxygens (including phenoxy) is 1. The summed E-state index contributed by atoms with van der Waals surface area (Å²) < 4.78 is 5.37. The van der Waals surface area contributed by atoms with Crippen LogP contribution >= 0.6 is 0 Å². The number of nitrogens with zero attached hydrogens (tertiary/aromatic N) is 4. The minimum Gasteiger partial charge on any atom is -0.378 e. The number of morpholine rings is 1. The summed E-state index contributed by atoms with van der Waals surface area (Å²) >= 11 is 0. The number of anilines is 2. The first-order chi connectivity index (χ1) is 12.6. The minimum absolute atomic E-state index is 0.172. The van der Waals surface area contributed by atoms with Gasteiger partial charge in [-0.1, -0.05) is 19.9 Å². The van der Waals surface area contributed by atoms with Gasteiger partial charge in [0.15, 0.2) is 0 Å². The maximum Gasteiger partial charge on any atom is 0.274 e. The molecule has 1 aromatic heterocycles. The number of hydrogen-bond donors (Lipinski definition) is 1. The smallest absolute Gasteiger partial charge is 0.274 e. The highest BCUT2D eigenvalue weighted by atomic mass is 16.5. The van der Waals surface area contributed by atoms with E-state index in [0.29, 0.717) is 49.2 Å². The fourth-order valence-corrected chi connectivity index (χ4v) is 2.63. The Morgan fingerprint density at radius 2 is 2.04 bits per heavy atom. The van der Waals surface area contributed by atoms with Crippen LogP contribution in [0.3, 0.4) is 0 Å². The maximum absolute atomic E-state index is 12.7. The van der Waals surface area contributed by atoms with Crippen molar-refractivity contribution in [1.82, 2.24) is 9.97 Å². The van der Waals surface area contributed by atoms with E-state index < -0.39 is 0 Å². The van der Waals surface area contributed by atoms with Crippen LogP contribution in [-0.4, -0.2) is 42.2 Å². The van der Waals surface area contributed by atoms with E-state index in [1.807, 2.05) is 18.7 Å². The van der Waals surface area contributed by atoms with Crippen molar-refractivity contribution in [2.75, 3.05) is 36.5 Å². The van der Waals surface area contributed by atoms with E-state index >= 15 is 0 Å². The highest BCUT2D eigenvalue weighted by Crippen LogP contribution is 2.19. The van der Waals surface area contributed by atoms with Crippen molar-refractivity contribution in [3.8, 4) is 6.07 Å². The molecule has 1 aliphatic heterocycles. The molecule has 1 N–H and O–H groups in total. The Morgan fingerprint density at radius 3 is 2.73 bits per heavy atom. The first-order valence-corrected chi connectivity index (χ1v) is 8.60. The largest absolute Gasteiger partial charge is 0.378 e. The quantitative estimate of drug-likeness (QED) is 0.910. The molecule has 3 rings (SSSR count). The second kappa shape index (κ2) is 7.93. The fraction of sp³-hybridized carbons (Fsp3) is 0.368. The summed E-state index contributed by atoms with van der Waals surface area (Å²) in [6.45, 7) is 6.71. The summed E-state index contributed by atoms with van der Waals surface area (Å²) in [5.41, 5.74) is 2.18. The molecule has 1 saturated heterocycles. The lowest BCUT2D eigenvalue weighted by Gasteiger charge is -2.27. The average Bonchev–Trinajstić information content (AvgIpc) is 2.68. The summed E-state index contributed by atoms with van der Waals surface area (Å²) in [4.78, 5) is 23.8. The van der Waals surface area contributed by atoms with Gasteiger partial charge in [-0.3, -0.25) is 4.79 Å². The second-order valence-electron chi connectivity index (χ2n) is 6.38. The highest BCUT2D eigenvalue weighted by Gasteiger charge is 2.19. The molecular formula is C19H21N5O2. The van der Waals surface area contributed by atoms with Crippen LogP contribution in [0.1, 0.15) is 41.5 Å². The Balaban J connectivity index is 1.88. The summed E-state index contributed by atoms with van der Waals surface area (Å²) in [6.07, 6.45) is 0. The van der Waals surface area contributed by atoms with E-state index in [2.05, 4.69) is 21.4 Å². The number of nitriles is 1. The fourth-order valence-electron chi connectivity index (χ4n) is 2.63. The summed E-state index contributed by atoms with van der Waals surface area (Å²) in [5.74, 6) is 0.403. The zero-order valence-corrected chi connectivity index (χ0v) is 14.9. The third-order valence-corrected chi connectivity index (χ3v) is 4.10. The van der Waals surface area contributed by atoms with Crippen LogP contribution in [0, 0.1) is 11.3 Å². The molecule has 0 aliphatic carbocycles. The lowest BCUT2D eigenvalue weighted by Crippen LogP contribution is -2.38. The van der Waals surface area contributed by atoms with Gasteiger partial charge < -0.3 is 15.0 Å². The van der Waals surface area contributed by atoms with Crippen LogP contribution in [0.25, 0.3) is 0 Å². The van der Waals surface area contributed by atoms with Gasteiger partial charge in [0.2, 0.25) is 5.95 Å². The van der Waals surface area contributed by atoms with Gasteiger partial charge in [-0.05, 0) is 30.2 Å². The predicted octanol–water partition coefficient (Wildman–Crippen LogP) is 2.56. The second-order valence-corrected chi connectivity index (χ2v) is 6.38. The van der Waals surface area contributed by atoms with Crippen LogP contribution in [0.5, 0.6) is 0 Å². The molecule has 7 nitrogen and oxygen atoms in total. The number of rotatable bonds is 4. The molecule has 134 valence electrons. The van der Waals surface area contributed by atoms with Crippen molar-refractivity contribution in [1.29, 1.82) is 5.26 Å². The van der Waals surface area contributed by atoms with Crippen molar-refractivity contribution in [3.63, 3.8) is 0 Å². The number of carbonyl (C=O) groups excluding carboxylic acids is 1. The monoisotopic (exact) mass is 351 g/mol. The molecule has 0 saturated carbocycles. The normalized spacial score (nSPS) is 14.2. The lowest BCUT2D eigenvalue weighted by molar-refractivity contribution is 0.102. The Labute approximate surface area is 152 Å². The molecule has 0 radical (unpaired) electrons. The lowest BCUT2D eigenvalue weighted by atomic mass is 10.1. The number of benzene rings is 1. The van der Waals surface area contributed by atoms with Crippen LogP contribution in [0.15, 0.2) is 30.3 Å². The number of nitrogens with one attached hydrogen (secondary N) is 1. The Kier molecular flexibility index (Phi) is 5.44. The van der Waals surface area contributed by atoms with E-state index in [1.165, 1.54) is 0 Å². The molecule has 0 unspecified atom stereocenters. The molecule has 2 aromatic rings. The molecule has 1 aliphatic rings. The third-order valence-electron chi connectivity index (χ3n) is 4.10. The molecular weight excluding hydrogens is 330 g/mol. The van der Waals surface area contributed by atoms with Gasteiger partial charge in [0.25, 0.3) is 5.91 Å². The van der Waals surface area contributed by atoms with Gasteiger partial charge in [0, 0.05) is 24.5 Å². The molecule has 1 fully saturated rings. The molecule has 0 spiro atoms. The summed E-state index contributed by atoms with van der Waals surface area (Å²) in [6, 6.07) is 10.6. The average molecular weight is 351 g/mol. The zero-order valence-electron chi connectivity index (χ0n) is 14.9. The van der Waals surface area contributed by atoms with Gasteiger partial charge in [0.05, 0.1) is 24.8 Å². The Bertz CT molecular complexity index is 838. The number of carbonyl (C=O) groups is 1. The number of aromatic nitrogens is 2. The van der Waals surface area contributed by atoms with Crippen LogP contribution in [0.2, 0.25) is 0 Å². The van der Waals surface area contributed by atoms with Crippen molar-refractivity contribution in [2.24, 2.45) is 0 Å². The van der Waals surface area contributed by atoms with Crippen LogP contribution < -0.4 is 10.2 Å². The molecule has 1 aromatic carbocycles. The van der Waals surface area contributed by atoms with Crippen molar-refractivity contribution < 1.29 is 9.53 Å². The predicted molar refractivity (Wildman–Crippen MR) is 98.3 cm³/mol. The standard InChI is InChI=1S/C19H21N5O2/c1-13(2)16-11-17(23-19(22-16)24-6-8-26-9-7-24)18(25)21-15-5-3-4-14(10-15)12-20/h3-5,10-11,13H,6-9H2,1-2H3,(H,21,25). The first-order valence-electron chi connectivity index (χ1n) is 8.60. The summed E-state index contributed by atoms with van der Waals surface area (Å²) in [5, 5.41) is 11.8. The van der Waals surface area contributed by atoms with E-state index in [4.69, 9.17) is 10.00 Å². The van der Waals surface area contributed by atoms with Gasteiger partial charge in [-0.25, -0.2) is 9.97 Å². The van der Waals surface area contributed by atoms with Crippen molar-refractivity contribution in [3.05, 3.63) is 47.3 Å². The van der Waals surface area contributed by atoms with Gasteiger partial charge in [-0.15, -0.1) is 0 Å². The first kappa shape index (κ1) is 17.8. The van der Waals surface area contributed by atoms with Gasteiger partial charge >= 0.3 is 0 Å². The SMILES string of the molecule is CC(C)c1cc(C(=O)Nc2cccc(C#N)c2)nc(N2CCOCC2)n1. The van der Waals surface area contributed by atoms with E-state index in [9.17, 15) is 4.79 Å². The Hall–Kier alpha value is -2.98. The molecule has 0 atom stereocenters. The Morgan fingerprint density at radius 1 is 1.27 bits per heavy atom. The molecule has 26 heavy (non-hydrogen) atoms. The van der Waals surface area contributed by atoms with Crippen LogP contribution in [0.4, 0.5) is 11.6 Å². The molecule has 2 heterocycles. The minimum atomic E-state index is -0.320. The highest BCUT2D eigenvalue weighted by molar-refractivity contribution is 6.03. The van der Waals surface area contributed by atoms with Crippen LogP contribution in [-0.2, 0) is 4.74 Å². The topological polar surface area (TPSA) is 91.1 Å². The number of hydrogen-bond acceptors (Lipinski definition) is 6. The van der Waals surface area contributed by atoms with E-state index in [-0.39, 0.29) is 11.8 Å². The summed E-state index contributed by atoms with van der Waals surface area (Å²) in [7, 11) is 0. The van der Waals surface area contributed by atoms with Crippen molar-refractivity contribution in [2.45, 2.75) is 19.8 Å². The van der Waals surface area contributed by atoms with Gasteiger partial charge in [0.1, 0.15) is 5.69 Å². The zero-order chi connectivity index (χ0) is 18.5. The third kappa shape index (κ3) is 4.16. The molecule has 0 bridgehead atoms. The van der Waals surface area contributed by atoms with Gasteiger partial charge in [-0.2, -0.15) is 5.26 Å². The van der Waals surface area contributed by atoms with E-state index in [1.54, 1.807) is 30.3 Å².